The zero-order valence-electron chi connectivity index (χ0n) is 21.5. The first-order valence-corrected chi connectivity index (χ1v) is 14.8. The van der Waals surface area contributed by atoms with Gasteiger partial charge in [-0.3, -0.25) is 4.79 Å². The van der Waals surface area contributed by atoms with Gasteiger partial charge in [-0.1, -0.05) is 94.3 Å². The summed E-state index contributed by atoms with van der Waals surface area (Å²) in [7, 11) is 0. The number of aromatic amines is 1. The van der Waals surface area contributed by atoms with Crippen LogP contribution in [-0.2, 0) is 0 Å². The molecule has 1 aliphatic rings. The van der Waals surface area contributed by atoms with Crippen LogP contribution in [0, 0.1) is 13.8 Å². The summed E-state index contributed by atoms with van der Waals surface area (Å²) in [5.74, 6) is -0.557. The summed E-state index contributed by atoms with van der Waals surface area (Å²) in [6.45, 7) is 4.09. The van der Waals surface area contributed by atoms with Crippen LogP contribution in [0.25, 0.3) is 11.3 Å². The van der Waals surface area contributed by atoms with Gasteiger partial charge in [0.05, 0.1) is 32.6 Å². The van der Waals surface area contributed by atoms with E-state index in [1.165, 1.54) is 11.1 Å². The zero-order valence-corrected chi connectivity index (χ0v) is 24.6. The van der Waals surface area contributed by atoms with E-state index in [0.717, 1.165) is 19.6 Å². The number of aromatic nitrogens is 1. The standard InChI is InChI=1S/C32H22Cl2N2O2S2/c1-17-3-9-21(10-4-17)39-25-13-7-19(15-23(25)33)29-27-28(32(38)35-29)30(36-31(27)37)20-8-14-26(24(34)16-20)40-22-11-5-18(2)6-12-22/h3-16,35,38H,1-2H3. The summed E-state index contributed by atoms with van der Waals surface area (Å²) in [5, 5.41) is 12.0. The molecular weight excluding hydrogens is 579 g/mol. The van der Waals surface area contributed by atoms with Gasteiger partial charge in [-0.15, -0.1) is 0 Å². The molecular formula is C32H22Cl2N2O2S2. The minimum atomic E-state index is -0.431. The second-order valence-electron chi connectivity index (χ2n) is 9.48. The SMILES string of the molecule is Cc1ccc(Sc2ccc(C3=NC(=O)c4c(-c5ccc(Sc6ccc(C)cc6)c(Cl)c5)[nH]c(O)c43)cc2Cl)cc1. The fraction of sp³-hybridized carbons (Fsp3) is 0.0625. The maximum absolute atomic E-state index is 13.1. The van der Waals surface area contributed by atoms with Gasteiger partial charge in [-0.05, 0) is 62.4 Å². The minimum Gasteiger partial charge on any atom is -0.494 e. The molecule has 0 aliphatic carbocycles. The molecule has 1 amide bonds. The van der Waals surface area contributed by atoms with Gasteiger partial charge in [0.2, 0.25) is 0 Å². The Labute approximate surface area is 250 Å². The molecule has 1 aliphatic heterocycles. The lowest BCUT2D eigenvalue weighted by Crippen LogP contribution is -2.00. The van der Waals surface area contributed by atoms with Gasteiger partial charge in [-0.2, -0.15) is 0 Å². The summed E-state index contributed by atoms with van der Waals surface area (Å²) in [4.78, 5) is 24.3. The highest BCUT2D eigenvalue weighted by Gasteiger charge is 2.33. The molecule has 0 saturated carbocycles. The quantitative estimate of drug-likeness (QED) is 0.203. The molecule has 2 N–H and O–H groups in total. The highest BCUT2D eigenvalue weighted by molar-refractivity contribution is 7.99. The van der Waals surface area contributed by atoms with Crippen LogP contribution in [0.5, 0.6) is 5.88 Å². The number of benzene rings is 4. The fourth-order valence-corrected chi connectivity index (χ4v) is 6.74. The Morgan fingerprint density at radius 1 is 0.700 bits per heavy atom. The first kappa shape index (κ1) is 26.8. The van der Waals surface area contributed by atoms with Crippen LogP contribution in [0.3, 0.4) is 0 Å². The van der Waals surface area contributed by atoms with E-state index in [9.17, 15) is 9.90 Å². The number of amides is 1. The highest BCUT2D eigenvalue weighted by atomic mass is 35.5. The fourth-order valence-electron chi connectivity index (χ4n) is 4.51. The molecule has 8 heteroatoms. The maximum atomic E-state index is 13.1. The highest BCUT2D eigenvalue weighted by Crippen LogP contribution is 2.42. The Hall–Kier alpha value is -3.42. The number of hydrogen-bond donors (Lipinski definition) is 2. The van der Waals surface area contributed by atoms with Gasteiger partial charge in [0.15, 0.2) is 5.88 Å². The molecule has 0 fully saturated rings. The summed E-state index contributed by atoms with van der Waals surface area (Å²) in [6, 6.07) is 27.6. The van der Waals surface area contributed by atoms with Crippen molar-refractivity contribution in [1.82, 2.24) is 4.98 Å². The molecule has 0 saturated heterocycles. The van der Waals surface area contributed by atoms with Crippen molar-refractivity contribution < 1.29 is 9.90 Å². The van der Waals surface area contributed by atoms with Crippen LogP contribution >= 0.6 is 46.7 Å². The van der Waals surface area contributed by atoms with E-state index in [1.54, 1.807) is 35.7 Å². The number of H-pyrrole nitrogens is 1. The number of carbonyl (C=O) groups excluding carboxylic acids is 1. The van der Waals surface area contributed by atoms with Crippen molar-refractivity contribution in [2.24, 2.45) is 4.99 Å². The average Bonchev–Trinajstić information content (AvgIpc) is 3.47. The Morgan fingerprint density at radius 3 is 1.73 bits per heavy atom. The first-order valence-electron chi connectivity index (χ1n) is 12.4. The number of nitrogens with one attached hydrogen (secondary N) is 1. The predicted octanol–water partition coefficient (Wildman–Crippen LogP) is 9.60. The predicted molar refractivity (Wildman–Crippen MR) is 165 cm³/mol. The lowest BCUT2D eigenvalue weighted by molar-refractivity contribution is 0.101. The average molecular weight is 602 g/mol. The van der Waals surface area contributed by atoms with Crippen molar-refractivity contribution in [2.75, 3.05) is 0 Å². The smallest absolute Gasteiger partial charge is 0.280 e. The van der Waals surface area contributed by atoms with Crippen LogP contribution < -0.4 is 0 Å². The van der Waals surface area contributed by atoms with Crippen molar-refractivity contribution in [2.45, 2.75) is 33.4 Å². The van der Waals surface area contributed by atoms with E-state index < -0.39 is 5.91 Å². The number of hydrogen-bond acceptors (Lipinski definition) is 4. The van der Waals surface area contributed by atoms with Crippen LogP contribution in [0.2, 0.25) is 10.0 Å². The van der Waals surface area contributed by atoms with Gasteiger partial charge < -0.3 is 10.1 Å². The van der Waals surface area contributed by atoms with Crippen molar-refractivity contribution in [1.29, 1.82) is 0 Å². The molecule has 2 heterocycles. The van der Waals surface area contributed by atoms with Crippen molar-refractivity contribution in [3.05, 3.63) is 123 Å². The second-order valence-corrected chi connectivity index (χ2v) is 12.5. The molecule has 0 unspecified atom stereocenters. The van der Waals surface area contributed by atoms with E-state index >= 15 is 0 Å². The summed E-state index contributed by atoms with van der Waals surface area (Å²) in [6.07, 6.45) is 0. The van der Waals surface area contributed by atoms with Gasteiger partial charge in [-0.25, -0.2) is 4.99 Å². The third-order valence-electron chi connectivity index (χ3n) is 6.57. The maximum Gasteiger partial charge on any atom is 0.280 e. The molecule has 6 rings (SSSR count). The molecule has 198 valence electrons. The van der Waals surface area contributed by atoms with Crippen molar-refractivity contribution in [3.8, 4) is 17.1 Å². The van der Waals surface area contributed by atoms with Crippen molar-refractivity contribution >= 4 is 58.3 Å². The van der Waals surface area contributed by atoms with E-state index in [0.29, 0.717) is 43.7 Å². The Morgan fingerprint density at radius 2 is 1.20 bits per heavy atom. The number of rotatable bonds is 6. The second kappa shape index (κ2) is 10.9. The molecule has 0 radical (unpaired) electrons. The summed E-state index contributed by atoms with van der Waals surface area (Å²) < 4.78 is 0. The van der Waals surface area contributed by atoms with Gasteiger partial charge in [0.25, 0.3) is 5.91 Å². The molecule has 4 nitrogen and oxygen atoms in total. The number of halogens is 2. The molecule has 5 aromatic rings. The monoisotopic (exact) mass is 600 g/mol. The van der Waals surface area contributed by atoms with Crippen molar-refractivity contribution in [3.63, 3.8) is 0 Å². The number of carbonyl (C=O) groups is 1. The van der Waals surface area contributed by atoms with E-state index in [1.807, 2.05) is 38.1 Å². The first-order chi connectivity index (χ1) is 19.3. The molecule has 4 aromatic carbocycles. The van der Waals surface area contributed by atoms with Crippen LogP contribution in [0.1, 0.15) is 32.6 Å². The number of fused-ring (bicyclic) bond motifs is 1. The van der Waals surface area contributed by atoms with E-state index in [2.05, 4.69) is 58.5 Å². The molecule has 0 atom stereocenters. The summed E-state index contributed by atoms with van der Waals surface area (Å²) in [5.41, 5.74) is 5.25. The summed E-state index contributed by atoms with van der Waals surface area (Å²) >= 11 is 16.4. The van der Waals surface area contributed by atoms with E-state index in [4.69, 9.17) is 23.2 Å². The van der Waals surface area contributed by atoms with E-state index in [-0.39, 0.29) is 5.88 Å². The molecule has 0 bridgehead atoms. The molecule has 40 heavy (non-hydrogen) atoms. The number of nitrogens with zero attached hydrogens (tertiary/aromatic N) is 1. The largest absolute Gasteiger partial charge is 0.494 e. The van der Waals surface area contributed by atoms with Gasteiger partial charge >= 0.3 is 0 Å². The third-order valence-corrected chi connectivity index (χ3v) is 9.58. The lowest BCUT2D eigenvalue weighted by Gasteiger charge is -2.08. The van der Waals surface area contributed by atoms with Gasteiger partial charge in [0.1, 0.15) is 0 Å². The topological polar surface area (TPSA) is 65.5 Å². The van der Waals surface area contributed by atoms with Crippen LogP contribution in [0.4, 0.5) is 0 Å². The normalized spacial score (nSPS) is 12.5. The number of aryl methyl sites for hydroxylation is 2. The van der Waals surface area contributed by atoms with Crippen LogP contribution in [0.15, 0.2) is 110 Å². The van der Waals surface area contributed by atoms with Crippen LogP contribution in [-0.4, -0.2) is 21.7 Å². The number of aliphatic imine (C=N–C) groups is 1. The zero-order chi connectivity index (χ0) is 28.0. The minimum absolute atomic E-state index is 0.127. The Balaban J connectivity index is 1.29. The van der Waals surface area contributed by atoms with Gasteiger partial charge in [0, 0.05) is 30.7 Å². The molecule has 1 aromatic heterocycles. The molecule has 0 spiro atoms. The lowest BCUT2D eigenvalue weighted by atomic mass is 10.0. The third kappa shape index (κ3) is 5.20. The number of aromatic hydroxyl groups is 1. The Kier molecular flexibility index (Phi) is 7.27. The Bertz CT molecular complexity index is 1810.